The van der Waals surface area contributed by atoms with Crippen LogP contribution in [0.1, 0.15) is 39.2 Å². The predicted molar refractivity (Wildman–Crippen MR) is 111 cm³/mol. The Bertz CT molecular complexity index is 873. The molecule has 0 saturated carbocycles. The number of hydrogen-bond donors (Lipinski definition) is 1. The first-order valence-corrected chi connectivity index (χ1v) is 9.79. The fourth-order valence-electron chi connectivity index (χ4n) is 3.64. The molecule has 3 nitrogen and oxygen atoms in total. The smallest absolute Gasteiger partial charge is 0.216 e. The van der Waals surface area contributed by atoms with Gasteiger partial charge in [0.25, 0.3) is 0 Å². The van der Waals surface area contributed by atoms with Gasteiger partial charge in [-0.05, 0) is 71.7 Å². The summed E-state index contributed by atoms with van der Waals surface area (Å²) in [6.07, 6.45) is 7.03. The van der Waals surface area contributed by atoms with E-state index in [0.717, 1.165) is 35.3 Å². The highest BCUT2D eigenvalue weighted by atomic mass is 19.1. The van der Waals surface area contributed by atoms with Crippen LogP contribution in [0, 0.1) is 11.2 Å². The molecule has 1 atom stereocenters. The highest BCUT2D eigenvalue weighted by molar-refractivity contribution is 5.73. The summed E-state index contributed by atoms with van der Waals surface area (Å²) >= 11 is 0. The Balaban J connectivity index is 1.86. The lowest BCUT2D eigenvalue weighted by Crippen LogP contribution is -2.26. The van der Waals surface area contributed by atoms with Crippen molar-refractivity contribution in [1.82, 2.24) is 5.32 Å². The van der Waals surface area contributed by atoms with Gasteiger partial charge in [-0.2, -0.15) is 0 Å². The first-order chi connectivity index (χ1) is 13.3. The molecule has 0 heterocycles. The molecule has 0 aromatic heterocycles. The van der Waals surface area contributed by atoms with Gasteiger partial charge in [0.1, 0.15) is 17.7 Å². The third-order valence-electron chi connectivity index (χ3n) is 5.05. The number of rotatable bonds is 6. The number of hydrogen-bond acceptors (Lipinski definition) is 2. The zero-order valence-electron chi connectivity index (χ0n) is 16.8. The fraction of sp³-hybridized carbons (Fsp3) is 0.375. The summed E-state index contributed by atoms with van der Waals surface area (Å²) in [5.41, 5.74) is 3.01. The molecule has 0 aliphatic heterocycles. The van der Waals surface area contributed by atoms with E-state index in [2.05, 4.69) is 31.3 Å². The largest absolute Gasteiger partial charge is 0.486 e. The van der Waals surface area contributed by atoms with Crippen LogP contribution < -0.4 is 10.1 Å². The average Bonchev–Trinajstić information content (AvgIpc) is 2.61. The molecule has 0 bridgehead atoms. The summed E-state index contributed by atoms with van der Waals surface area (Å²) in [4.78, 5) is 11.2. The molecule has 4 heteroatoms. The standard InChI is InChI=1S/C24H28FNO2/c1-17(27)26-13-11-18-9-10-21(28-22-8-5-12-24(2,3)16-22)15-23(18)19-6-4-7-20(25)14-19/h4-10,14-15,22H,11-13,16H2,1-3H3,(H,26,27). The summed E-state index contributed by atoms with van der Waals surface area (Å²) in [5, 5.41) is 2.82. The molecule has 2 aromatic carbocycles. The van der Waals surface area contributed by atoms with Gasteiger partial charge in [0.15, 0.2) is 0 Å². The number of allylic oxidation sites excluding steroid dienone is 1. The second kappa shape index (κ2) is 8.59. The van der Waals surface area contributed by atoms with Crippen LogP contribution in [-0.2, 0) is 11.2 Å². The highest BCUT2D eigenvalue weighted by Crippen LogP contribution is 2.35. The number of benzene rings is 2. The molecule has 0 saturated heterocycles. The predicted octanol–water partition coefficient (Wildman–Crippen LogP) is 5.29. The first kappa shape index (κ1) is 20.1. The van der Waals surface area contributed by atoms with Crippen LogP contribution in [0.4, 0.5) is 4.39 Å². The first-order valence-electron chi connectivity index (χ1n) is 9.79. The summed E-state index contributed by atoms with van der Waals surface area (Å²) in [6, 6.07) is 12.5. The molecule has 2 aromatic rings. The number of halogens is 1. The SMILES string of the molecule is CC(=O)NCCc1ccc(OC2C=CCC(C)(C)C2)cc1-c1cccc(F)c1. The second-order valence-electron chi connectivity index (χ2n) is 8.22. The van der Waals surface area contributed by atoms with E-state index in [1.165, 1.54) is 19.1 Å². The van der Waals surface area contributed by atoms with Gasteiger partial charge >= 0.3 is 0 Å². The maximum absolute atomic E-state index is 13.8. The Labute approximate surface area is 166 Å². The molecule has 1 unspecified atom stereocenters. The molecule has 1 amide bonds. The third-order valence-corrected chi connectivity index (χ3v) is 5.05. The van der Waals surface area contributed by atoms with Gasteiger partial charge in [0, 0.05) is 13.5 Å². The summed E-state index contributed by atoms with van der Waals surface area (Å²) in [7, 11) is 0. The van der Waals surface area contributed by atoms with E-state index >= 15 is 0 Å². The minimum absolute atomic E-state index is 0.0364. The highest BCUT2D eigenvalue weighted by Gasteiger charge is 2.25. The Kier molecular flexibility index (Phi) is 6.18. The van der Waals surface area contributed by atoms with Gasteiger partial charge in [-0.1, -0.05) is 38.1 Å². The van der Waals surface area contributed by atoms with E-state index in [1.807, 2.05) is 24.3 Å². The van der Waals surface area contributed by atoms with Crippen molar-refractivity contribution in [2.75, 3.05) is 6.54 Å². The van der Waals surface area contributed by atoms with Gasteiger partial charge in [0.05, 0.1) is 0 Å². The van der Waals surface area contributed by atoms with Crippen LogP contribution in [0.25, 0.3) is 11.1 Å². The van der Waals surface area contributed by atoms with Gasteiger partial charge in [-0.15, -0.1) is 0 Å². The normalized spacial score (nSPS) is 17.9. The van der Waals surface area contributed by atoms with E-state index in [9.17, 15) is 9.18 Å². The van der Waals surface area contributed by atoms with Crippen molar-refractivity contribution in [3.8, 4) is 16.9 Å². The van der Waals surface area contributed by atoms with Crippen LogP contribution >= 0.6 is 0 Å². The molecular weight excluding hydrogens is 353 g/mol. The minimum Gasteiger partial charge on any atom is -0.486 e. The lowest BCUT2D eigenvalue weighted by atomic mass is 9.80. The molecule has 1 aliphatic carbocycles. The van der Waals surface area contributed by atoms with Crippen LogP contribution in [0.5, 0.6) is 5.75 Å². The quantitative estimate of drug-likeness (QED) is 0.690. The topological polar surface area (TPSA) is 38.3 Å². The van der Waals surface area contributed by atoms with E-state index in [0.29, 0.717) is 13.0 Å². The van der Waals surface area contributed by atoms with Crippen LogP contribution in [-0.4, -0.2) is 18.6 Å². The van der Waals surface area contributed by atoms with E-state index in [-0.39, 0.29) is 23.2 Å². The zero-order chi connectivity index (χ0) is 20.1. The molecule has 3 rings (SSSR count). The maximum Gasteiger partial charge on any atom is 0.216 e. The van der Waals surface area contributed by atoms with Gasteiger partial charge in [-0.25, -0.2) is 4.39 Å². The average molecular weight is 381 g/mol. The van der Waals surface area contributed by atoms with Crippen LogP contribution in [0.3, 0.4) is 0 Å². The lowest BCUT2D eigenvalue weighted by molar-refractivity contribution is -0.118. The Morgan fingerprint density at radius 2 is 2.07 bits per heavy atom. The van der Waals surface area contributed by atoms with E-state index in [4.69, 9.17) is 4.74 Å². The molecular formula is C24H28FNO2. The number of carbonyl (C=O) groups excluding carboxylic acids is 1. The molecule has 1 aliphatic rings. The Morgan fingerprint density at radius 1 is 1.25 bits per heavy atom. The number of nitrogens with one attached hydrogen (secondary N) is 1. The molecule has 1 N–H and O–H groups in total. The van der Waals surface area contributed by atoms with Crippen molar-refractivity contribution in [1.29, 1.82) is 0 Å². The van der Waals surface area contributed by atoms with Crippen molar-refractivity contribution >= 4 is 5.91 Å². The van der Waals surface area contributed by atoms with Crippen molar-refractivity contribution in [3.05, 3.63) is 66.0 Å². The van der Waals surface area contributed by atoms with Crippen molar-refractivity contribution in [3.63, 3.8) is 0 Å². The molecule has 0 radical (unpaired) electrons. The molecule has 28 heavy (non-hydrogen) atoms. The van der Waals surface area contributed by atoms with Gasteiger partial charge in [0.2, 0.25) is 5.91 Å². The third kappa shape index (κ3) is 5.44. The van der Waals surface area contributed by atoms with E-state index in [1.54, 1.807) is 6.07 Å². The van der Waals surface area contributed by atoms with Crippen LogP contribution in [0.2, 0.25) is 0 Å². The monoisotopic (exact) mass is 381 g/mol. The van der Waals surface area contributed by atoms with Crippen molar-refractivity contribution in [2.45, 2.75) is 46.1 Å². The Hall–Kier alpha value is -2.62. The number of ether oxygens (including phenoxy) is 1. The molecule has 148 valence electrons. The van der Waals surface area contributed by atoms with Gasteiger partial charge in [-0.3, -0.25) is 4.79 Å². The molecule has 0 fully saturated rings. The van der Waals surface area contributed by atoms with Crippen LogP contribution in [0.15, 0.2) is 54.6 Å². The maximum atomic E-state index is 13.8. The van der Waals surface area contributed by atoms with Crippen molar-refractivity contribution in [2.24, 2.45) is 5.41 Å². The summed E-state index contributed by atoms with van der Waals surface area (Å²) in [5.74, 6) is 0.447. The van der Waals surface area contributed by atoms with Gasteiger partial charge < -0.3 is 10.1 Å². The zero-order valence-corrected chi connectivity index (χ0v) is 16.8. The second-order valence-corrected chi connectivity index (χ2v) is 8.22. The Morgan fingerprint density at radius 3 is 2.79 bits per heavy atom. The number of amides is 1. The summed E-state index contributed by atoms with van der Waals surface area (Å²) in [6.45, 7) is 6.54. The molecule has 0 spiro atoms. The lowest BCUT2D eigenvalue weighted by Gasteiger charge is -2.31. The van der Waals surface area contributed by atoms with Crippen molar-refractivity contribution < 1.29 is 13.9 Å². The number of carbonyl (C=O) groups is 1. The fourth-order valence-corrected chi connectivity index (χ4v) is 3.64. The van der Waals surface area contributed by atoms with E-state index < -0.39 is 0 Å². The minimum atomic E-state index is -0.270. The summed E-state index contributed by atoms with van der Waals surface area (Å²) < 4.78 is 20.0.